The lowest BCUT2D eigenvalue weighted by molar-refractivity contribution is 0.412. The molecule has 0 aliphatic heterocycles. The van der Waals surface area contributed by atoms with Gasteiger partial charge >= 0.3 is 0 Å². The van der Waals surface area contributed by atoms with Gasteiger partial charge in [-0.3, -0.25) is 0 Å². The number of anilines is 1. The van der Waals surface area contributed by atoms with E-state index in [-0.39, 0.29) is 10.8 Å². The fourth-order valence-electron chi connectivity index (χ4n) is 3.12. The van der Waals surface area contributed by atoms with Gasteiger partial charge in [-0.05, 0) is 55.4 Å². The lowest BCUT2D eigenvalue weighted by Crippen LogP contribution is -2.25. The quantitative estimate of drug-likeness (QED) is 0.776. The highest BCUT2D eigenvalue weighted by Crippen LogP contribution is 2.34. The molecule has 21 heavy (non-hydrogen) atoms. The molecule has 1 aliphatic carbocycles. The van der Waals surface area contributed by atoms with Gasteiger partial charge in [0.05, 0.1) is 5.02 Å². The van der Waals surface area contributed by atoms with E-state index in [1.54, 1.807) is 6.07 Å². The Bertz CT molecular complexity index is 591. The van der Waals surface area contributed by atoms with Gasteiger partial charge in [0, 0.05) is 11.7 Å². The molecule has 1 N–H and O–H groups in total. The van der Waals surface area contributed by atoms with Gasteiger partial charge < -0.3 is 5.32 Å². The molecule has 0 unspecified atom stereocenters. The van der Waals surface area contributed by atoms with E-state index < -0.39 is 0 Å². The van der Waals surface area contributed by atoms with Crippen molar-refractivity contribution in [3.8, 4) is 0 Å². The largest absolute Gasteiger partial charge is 0.382 e. The number of hydrogen-bond acceptors (Lipinski definition) is 1. The van der Waals surface area contributed by atoms with Crippen molar-refractivity contribution in [2.24, 2.45) is 0 Å². The SMILES string of the molecule is Fc1cc(NC2CCC(c3ccccc3)CC2)ccc1Cl. The molecule has 110 valence electrons. The molecule has 0 radical (unpaired) electrons. The van der Waals surface area contributed by atoms with Crippen LogP contribution in [0.3, 0.4) is 0 Å². The van der Waals surface area contributed by atoms with Crippen molar-refractivity contribution in [3.63, 3.8) is 0 Å². The highest BCUT2D eigenvalue weighted by atomic mass is 35.5. The van der Waals surface area contributed by atoms with E-state index >= 15 is 0 Å². The zero-order valence-corrected chi connectivity index (χ0v) is 12.6. The van der Waals surface area contributed by atoms with E-state index in [9.17, 15) is 4.39 Å². The van der Waals surface area contributed by atoms with Crippen LogP contribution in [-0.4, -0.2) is 6.04 Å². The normalized spacial score (nSPS) is 22.0. The maximum absolute atomic E-state index is 13.4. The van der Waals surface area contributed by atoms with Crippen LogP contribution in [0.25, 0.3) is 0 Å². The minimum atomic E-state index is -0.361. The van der Waals surface area contributed by atoms with E-state index in [1.807, 2.05) is 6.07 Å². The molecule has 1 fully saturated rings. The predicted octanol–water partition coefficient (Wildman–Crippen LogP) is 5.62. The Hall–Kier alpha value is -1.54. The van der Waals surface area contributed by atoms with Crippen LogP contribution in [0.2, 0.25) is 5.02 Å². The van der Waals surface area contributed by atoms with Crippen molar-refractivity contribution in [3.05, 3.63) is 64.9 Å². The van der Waals surface area contributed by atoms with Crippen molar-refractivity contribution >= 4 is 17.3 Å². The van der Waals surface area contributed by atoms with Crippen LogP contribution in [0, 0.1) is 5.82 Å². The van der Waals surface area contributed by atoms with E-state index in [4.69, 9.17) is 11.6 Å². The monoisotopic (exact) mass is 303 g/mol. The first-order valence-corrected chi connectivity index (χ1v) is 7.86. The summed E-state index contributed by atoms with van der Waals surface area (Å²) in [5, 5.41) is 3.60. The van der Waals surface area contributed by atoms with Crippen molar-refractivity contribution in [2.45, 2.75) is 37.6 Å². The van der Waals surface area contributed by atoms with Crippen LogP contribution < -0.4 is 5.32 Å². The first-order chi connectivity index (χ1) is 10.2. The molecule has 3 rings (SSSR count). The second-order valence-electron chi connectivity index (χ2n) is 5.73. The molecule has 2 aromatic carbocycles. The standard InChI is InChI=1S/C18H19ClFN/c19-17-11-10-16(12-18(17)20)21-15-8-6-14(7-9-15)13-4-2-1-3-5-13/h1-5,10-12,14-15,21H,6-9H2. The lowest BCUT2D eigenvalue weighted by atomic mass is 9.82. The lowest BCUT2D eigenvalue weighted by Gasteiger charge is -2.30. The van der Waals surface area contributed by atoms with E-state index in [0.717, 1.165) is 18.5 Å². The van der Waals surface area contributed by atoms with Gasteiger partial charge in [-0.15, -0.1) is 0 Å². The Kier molecular flexibility index (Phi) is 4.45. The Morgan fingerprint density at radius 2 is 1.67 bits per heavy atom. The molecular formula is C18H19ClFN. The second-order valence-corrected chi connectivity index (χ2v) is 6.14. The molecule has 0 amide bonds. The molecule has 2 aromatic rings. The van der Waals surface area contributed by atoms with Gasteiger partial charge in [0.25, 0.3) is 0 Å². The Balaban J connectivity index is 1.57. The predicted molar refractivity (Wildman–Crippen MR) is 86.5 cm³/mol. The molecule has 0 aromatic heterocycles. The Morgan fingerprint density at radius 1 is 0.952 bits per heavy atom. The molecular weight excluding hydrogens is 285 g/mol. The minimum absolute atomic E-state index is 0.174. The number of hydrogen-bond donors (Lipinski definition) is 1. The van der Waals surface area contributed by atoms with Gasteiger partial charge in [0.1, 0.15) is 5.82 Å². The summed E-state index contributed by atoms with van der Waals surface area (Å²) < 4.78 is 13.4. The van der Waals surface area contributed by atoms with Gasteiger partial charge in [-0.1, -0.05) is 41.9 Å². The highest BCUT2D eigenvalue weighted by molar-refractivity contribution is 6.30. The fourth-order valence-corrected chi connectivity index (χ4v) is 3.24. The molecule has 0 atom stereocenters. The summed E-state index contributed by atoms with van der Waals surface area (Å²) in [6.07, 6.45) is 4.59. The third-order valence-electron chi connectivity index (χ3n) is 4.29. The first kappa shape index (κ1) is 14.4. The van der Waals surface area contributed by atoms with E-state index in [1.165, 1.54) is 24.5 Å². The molecule has 0 heterocycles. The zero-order chi connectivity index (χ0) is 14.7. The maximum Gasteiger partial charge on any atom is 0.143 e. The summed E-state index contributed by atoms with van der Waals surface area (Å²) in [6, 6.07) is 16.1. The van der Waals surface area contributed by atoms with Crippen LogP contribution >= 0.6 is 11.6 Å². The Labute approximate surface area is 130 Å². The summed E-state index contributed by atoms with van der Waals surface area (Å²) >= 11 is 5.71. The van der Waals surface area contributed by atoms with E-state index in [2.05, 4.69) is 35.6 Å². The average molecular weight is 304 g/mol. The zero-order valence-electron chi connectivity index (χ0n) is 11.9. The summed E-state index contributed by atoms with van der Waals surface area (Å²) in [5.74, 6) is 0.297. The van der Waals surface area contributed by atoms with E-state index in [0.29, 0.717) is 12.0 Å². The number of nitrogens with one attached hydrogen (secondary N) is 1. The van der Waals surface area contributed by atoms with Crippen molar-refractivity contribution in [1.82, 2.24) is 0 Å². The van der Waals surface area contributed by atoms with Crippen molar-refractivity contribution in [1.29, 1.82) is 0 Å². The third kappa shape index (κ3) is 3.56. The van der Waals surface area contributed by atoms with Gasteiger partial charge in [0.15, 0.2) is 0 Å². The van der Waals surface area contributed by atoms with Gasteiger partial charge in [-0.2, -0.15) is 0 Å². The number of benzene rings is 2. The van der Waals surface area contributed by atoms with Crippen LogP contribution in [0.5, 0.6) is 0 Å². The molecule has 0 bridgehead atoms. The average Bonchev–Trinajstić information content (AvgIpc) is 2.53. The topological polar surface area (TPSA) is 12.0 Å². The molecule has 1 saturated carbocycles. The maximum atomic E-state index is 13.4. The van der Waals surface area contributed by atoms with Crippen LogP contribution in [-0.2, 0) is 0 Å². The number of halogens is 2. The van der Waals surface area contributed by atoms with Crippen molar-refractivity contribution in [2.75, 3.05) is 5.32 Å². The summed E-state index contributed by atoms with van der Waals surface area (Å²) in [7, 11) is 0. The molecule has 0 spiro atoms. The van der Waals surface area contributed by atoms with Gasteiger partial charge in [0.2, 0.25) is 0 Å². The summed E-state index contributed by atoms with van der Waals surface area (Å²) in [5.41, 5.74) is 2.26. The van der Waals surface area contributed by atoms with Gasteiger partial charge in [-0.25, -0.2) is 4.39 Å². The van der Waals surface area contributed by atoms with Crippen LogP contribution in [0.15, 0.2) is 48.5 Å². The second kappa shape index (κ2) is 6.48. The first-order valence-electron chi connectivity index (χ1n) is 7.49. The molecule has 1 aliphatic rings. The third-order valence-corrected chi connectivity index (χ3v) is 4.60. The summed E-state index contributed by atoms with van der Waals surface area (Å²) in [6.45, 7) is 0. The van der Waals surface area contributed by atoms with Crippen LogP contribution in [0.1, 0.15) is 37.2 Å². The highest BCUT2D eigenvalue weighted by Gasteiger charge is 2.22. The Morgan fingerprint density at radius 3 is 2.33 bits per heavy atom. The number of rotatable bonds is 3. The molecule has 1 nitrogen and oxygen atoms in total. The van der Waals surface area contributed by atoms with Crippen LogP contribution in [0.4, 0.5) is 10.1 Å². The van der Waals surface area contributed by atoms with Crippen molar-refractivity contribution < 1.29 is 4.39 Å². The molecule has 3 heteroatoms. The smallest absolute Gasteiger partial charge is 0.143 e. The molecule has 0 saturated heterocycles. The fraction of sp³-hybridized carbons (Fsp3) is 0.333. The minimum Gasteiger partial charge on any atom is -0.382 e. The summed E-state index contributed by atoms with van der Waals surface area (Å²) in [4.78, 5) is 0.